The summed E-state index contributed by atoms with van der Waals surface area (Å²) in [5.74, 6) is -0.707. The second-order valence-corrected chi connectivity index (χ2v) is 5.47. The molecule has 5 heteroatoms. The van der Waals surface area contributed by atoms with Crippen LogP contribution in [0.4, 0.5) is 0 Å². The molecule has 2 rings (SSSR count). The number of aliphatic carboxylic acids is 1. The van der Waals surface area contributed by atoms with E-state index >= 15 is 0 Å². The number of carbonyl (C=O) groups excluding carboxylic acids is 1. The summed E-state index contributed by atoms with van der Waals surface area (Å²) in [5.41, 5.74) is 0. The number of amides is 1. The summed E-state index contributed by atoms with van der Waals surface area (Å²) in [6.07, 6.45) is 6.32. The zero-order valence-corrected chi connectivity index (χ0v) is 11.3. The SMILES string of the molecule is O=C(O)CC[C@H]1CCCCN1C(=O)[C@H]1CCCCO1. The van der Waals surface area contributed by atoms with Gasteiger partial charge in [-0.15, -0.1) is 0 Å². The van der Waals surface area contributed by atoms with Gasteiger partial charge in [-0.2, -0.15) is 0 Å². The van der Waals surface area contributed by atoms with Crippen LogP contribution >= 0.6 is 0 Å². The molecule has 2 saturated heterocycles. The lowest BCUT2D eigenvalue weighted by Gasteiger charge is -2.38. The molecule has 1 amide bonds. The number of carbonyl (C=O) groups is 2. The lowest BCUT2D eigenvalue weighted by Crippen LogP contribution is -2.49. The largest absolute Gasteiger partial charge is 0.481 e. The molecule has 0 unspecified atom stereocenters. The number of hydrogen-bond donors (Lipinski definition) is 1. The van der Waals surface area contributed by atoms with Crippen molar-refractivity contribution >= 4 is 11.9 Å². The van der Waals surface area contributed by atoms with E-state index in [4.69, 9.17) is 9.84 Å². The Balaban J connectivity index is 1.93. The van der Waals surface area contributed by atoms with Crippen molar-refractivity contribution in [2.24, 2.45) is 0 Å². The van der Waals surface area contributed by atoms with Crippen molar-refractivity contribution in [1.29, 1.82) is 0 Å². The zero-order chi connectivity index (χ0) is 13.7. The van der Waals surface area contributed by atoms with E-state index in [1.165, 1.54) is 0 Å². The van der Waals surface area contributed by atoms with Gasteiger partial charge in [0.1, 0.15) is 6.10 Å². The molecule has 1 N–H and O–H groups in total. The molecule has 19 heavy (non-hydrogen) atoms. The van der Waals surface area contributed by atoms with E-state index in [2.05, 4.69) is 0 Å². The van der Waals surface area contributed by atoms with Gasteiger partial charge in [-0.05, 0) is 44.9 Å². The Kier molecular flexibility index (Phi) is 5.19. The lowest BCUT2D eigenvalue weighted by molar-refractivity contribution is -0.151. The van der Waals surface area contributed by atoms with Crippen molar-refractivity contribution in [1.82, 2.24) is 4.90 Å². The molecule has 0 aromatic carbocycles. The predicted octanol–water partition coefficient (Wildman–Crippen LogP) is 1.80. The summed E-state index contributed by atoms with van der Waals surface area (Å²) < 4.78 is 5.56. The number of nitrogens with zero attached hydrogens (tertiary/aromatic N) is 1. The summed E-state index contributed by atoms with van der Waals surface area (Å²) in [5, 5.41) is 8.79. The van der Waals surface area contributed by atoms with Crippen molar-refractivity contribution < 1.29 is 19.4 Å². The fraction of sp³-hybridized carbons (Fsp3) is 0.857. The minimum absolute atomic E-state index is 0.0785. The molecule has 108 valence electrons. The van der Waals surface area contributed by atoms with E-state index in [-0.39, 0.29) is 24.5 Å². The Bertz CT molecular complexity index is 325. The van der Waals surface area contributed by atoms with E-state index in [0.29, 0.717) is 13.0 Å². The third-order valence-corrected chi connectivity index (χ3v) is 4.06. The van der Waals surface area contributed by atoms with E-state index in [0.717, 1.165) is 45.1 Å². The molecule has 2 aliphatic rings. The van der Waals surface area contributed by atoms with Gasteiger partial charge in [-0.3, -0.25) is 9.59 Å². The van der Waals surface area contributed by atoms with Gasteiger partial charge in [0.15, 0.2) is 0 Å². The first kappa shape index (κ1) is 14.3. The van der Waals surface area contributed by atoms with Crippen molar-refractivity contribution in [3.05, 3.63) is 0 Å². The first-order chi connectivity index (χ1) is 9.18. The van der Waals surface area contributed by atoms with Crippen LogP contribution in [0, 0.1) is 0 Å². The minimum Gasteiger partial charge on any atom is -0.481 e. The quantitative estimate of drug-likeness (QED) is 0.845. The van der Waals surface area contributed by atoms with Crippen LogP contribution in [0.1, 0.15) is 51.4 Å². The molecule has 2 fully saturated rings. The second kappa shape index (κ2) is 6.89. The summed E-state index contributed by atoms with van der Waals surface area (Å²) in [6, 6.07) is 0.0860. The maximum atomic E-state index is 12.5. The summed E-state index contributed by atoms with van der Waals surface area (Å²) >= 11 is 0. The number of carboxylic acid groups (broad SMARTS) is 1. The van der Waals surface area contributed by atoms with Crippen LogP contribution in [0.5, 0.6) is 0 Å². The third kappa shape index (κ3) is 3.93. The number of hydrogen-bond acceptors (Lipinski definition) is 3. The van der Waals surface area contributed by atoms with Gasteiger partial charge in [0.25, 0.3) is 5.91 Å². The highest BCUT2D eigenvalue weighted by atomic mass is 16.5. The summed E-state index contributed by atoms with van der Waals surface area (Å²) in [4.78, 5) is 25.0. The highest BCUT2D eigenvalue weighted by molar-refractivity contribution is 5.81. The number of carboxylic acids is 1. The molecular weight excluding hydrogens is 246 g/mol. The van der Waals surface area contributed by atoms with E-state index in [9.17, 15) is 9.59 Å². The maximum absolute atomic E-state index is 12.5. The van der Waals surface area contributed by atoms with Gasteiger partial charge in [-0.25, -0.2) is 0 Å². The molecule has 0 aromatic heterocycles. The van der Waals surface area contributed by atoms with Gasteiger partial charge in [0.2, 0.25) is 0 Å². The number of piperidine rings is 1. The minimum atomic E-state index is -0.785. The van der Waals surface area contributed by atoms with Crippen molar-refractivity contribution in [2.45, 2.75) is 63.5 Å². The van der Waals surface area contributed by atoms with Gasteiger partial charge < -0.3 is 14.7 Å². The predicted molar refractivity (Wildman–Crippen MR) is 69.8 cm³/mol. The van der Waals surface area contributed by atoms with E-state index in [1.54, 1.807) is 0 Å². The second-order valence-electron chi connectivity index (χ2n) is 5.47. The van der Waals surface area contributed by atoms with Crippen LogP contribution in [0.15, 0.2) is 0 Å². The van der Waals surface area contributed by atoms with Gasteiger partial charge in [0.05, 0.1) is 0 Å². The van der Waals surface area contributed by atoms with Crippen LogP contribution < -0.4 is 0 Å². The standard InChI is InChI=1S/C14H23NO4/c16-13(17)8-7-11-5-1-3-9-15(11)14(18)12-6-2-4-10-19-12/h11-12H,1-10H2,(H,16,17)/t11-,12-/m1/s1. The van der Waals surface area contributed by atoms with Gasteiger partial charge in [0, 0.05) is 25.6 Å². The van der Waals surface area contributed by atoms with E-state index < -0.39 is 5.97 Å². The Hall–Kier alpha value is -1.10. The Labute approximate surface area is 113 Å². The highest BCUT2D eigenvalue weighted by Gasteiger charge is 2.32. The smallest absolute Gasteiger partial charge is 0.303 e. The molecule has 2 aliphatic heterocycles. The molecule has 0 aliphatic carbocycles. The van der Waals surface area contributed by atoms with Crippen LogP contribution in [0.2, 0.25) is 0 Å². The average Bonchev–Trinajstić information content (AvgIpc) is 2.45. The maximum Gasteiger partial charge on any atom is 0.303 e. The van der Waals surface area contributed by atoms with Crippen LogP contribution in [-0.2, 0) is 14.3 Å². The Morgan fingerprint density at radius 1 is 1.16 bits per heavy atom. The van der Waals surface area contributed by atoms with Crippen molar-refractivity contribution in [2.75, 3.05) is 13.2 Å². The topological polar surface area (TPSA) is 66.8 Å². The molecular formula is C14H23NO4. The molecule has 5 nitrogen and oxygen atoms in total. The Morgan fingerprint density at radius 2 is 1.95 bits per heavy atom. The number of rotatable bonds is 4. The lowest BCUT2D eigenvalue weighted by atomic mass is 9.96. The summed E-state index contributed by atoms with van der Waals surface area (Å²) in [6.45, 7) is 1.42. The fourth-order valence-electron chi connectivity index (χ4n) is 3.00. The van der Waals surface area contributed by atoms with Crippen LogP contribution in [0.25, 0.3) is 0 Å². The normalized spacial score (nSPS) is 28.1. The zero-order valence-electron chi connectivity index (χ0n) is 11.3. The number of ether oxygens (including phenoxy) is 1. The average molecular weight is 269 g/mol. The molecule has 0 spiro atoms. The van der Waals surface area contributed by atoms with Crippen molar-refractivity contribution in [3.63, 3.8) is 0 Å². The molecule has 0 radical (unpaired) electrons. The van der Waals surface area contributed by atoms with Crippen molar-refractivity contribution in [3.8, 4) is 0 Å². The van der Waals surface area contributed by atoms with Gasteiger partial charge in [-0.1, -0.05) is 0 Å². The monoisotopic (exact) mass is 269 g/mol. The van der Waals surface area contributed by atoms with Crippen LogP contribution in [-0.4, -0.2) is 47.2 Å². The molecule has 2 atom stereocenters. The molecule has 0 bridgehead atoms. The summed E-state index contributed by atoms with van der Waals surface area (Å²) in [7, 11) is 0. The molecule has 0 saturated carbocycles. The van der Waals surface area contributed by atoms with Gasteiger partial charge >= 0.3 is 5.97 Å². The van der Waals surface area contributed by atoms with Crippen LogP contribution in [0.3, 0.4) is 0 Å². The highest BCUT2D eigenvalue weighted by Crippen LogP contribution is 2.24. The molecule has 2 heterocycles. The third-order valence-electron chi connectivity index (χ3n) is 4.06. The first-order valence-corrected chi connectivity index (χ1v) is 7.32. The van der Waals surface area contributed by atoms with E-state index in [1.807, 2.05) is 4.90 Å². The first-order valence-electron chi connectivity index (χ1n) is 7.32. The fourth-order valence-corrected chi connectivity index (χ4v) is 3.00. The number of likely N-dealkylation sites (tertiary alicyclic amines) is 1. The Morgan fingerprint density at radius 3 is 2.63 bits per heavy atom. The molecule has 0 aromatic rings.